The number of fused-ring (bicyclic) bond motifs is 1. The van der Waals surface area contributed by atoms with Crippen LogP contribution in [0.25, 0.3) is 0 Å². The molecule has 0 bridgehead atoms. The molecule has 23 heavy (non-hydrogen) atoms. The van der Waals surface area contributed by atoms with E-state index < -0.39 is 11.5 Å². The third-order valence-electron chi connectivity index (χ3n) is 4.03. The monoisotopic (exact) mass is 314 g/mol. The lowest BCUT2D eigenvalue weighted by Gasteiger charge is -2.22. The van der Waals surface area contributed by atoms with Crippen LogP contribution < -0.4 is 10.9 Å². The Morgan fingerprint density at radius 1 is 1.39 bits per heavy atom. The van der Waals surface area contributed by atoms with Gasteiger partial charge in [-0.1, -0.05) is 6.92 Å². The molecule has 1 amide bonds. The summed E-state index contributed by atoms with van der Waals surface area (Å²) in [6, 6.07) is 5.02. The summed E-state index contributed by atoms with van der Waals surface area (Å²) in [6.45, 7) is 2.42. The van der Waals surface area contributed by atoms with Gasteiger partial charge in [-0.25, -0.2) is 0 Å². The first-order valence-electron chi connectivity index (χ1n) is 7.71. The molecular weight excluding hydrogens is 296 g/mol. The number of pyridine rings is 1. The van der Waals surface area contributed by atoms with Crippen LogP contribution in [0.5, 0.6) is 0 Å². The minimum atomic E-state index is -0.467. The fourth-order valence-corrected chi connectivity index (χ4v) is 2.86. The standard InChI is InChI=1S/C17H18N2O4/c1-2-5-18-16(21)12-9-11-13(19-17(12)22)7-10(8-14(11)20)15-4-3-6-23-15/h3-4,6,9-10H,2,5,7-8H2,1H3,(H,18,21)(H,19,22)/t10-/m1/s1. The molecule has 0 aromatic carbocycles. The van der Waals surface area contributed by atoms with Gasteiger partial charge >= 0.3 is 0 Å². The fourth-order valence-electron chi connectivity index (χ4n) is 2.86. The van der Waals surface area contributed by atoms with Gasteiger partial charge in [-0.3, -0.25) is 14.4 Å². The lowest BCUT2D eigenvalue weighted by molar-refractivity contribution is 0.0952. The summed E-state index contributed by atoms with van der Waals surface area (Å²) in [5.74, 6) is 0.111. The van der Waals surface area contributed by atoms with Crippen molar-refractivity contribution >= 4 is 11.7 Å². The zero-order valence-electron chi connectivity index (χ0n) is 12.8. The second-order valence-electron chi connectivity index (χ2n) is 5.70. The van der Waals surface area contributed by atoms with Crippen molar-refractivity contribution in [1.29, 1.82) is 0 Å². The minimum absolute atomic E-state index is 0.0120. The molecule has 120 valence electrons. The number of Topliss-reactive ketones (excluding diaryl/α,β-unsaturated/α-hetero) is 1. The van der Waals surface area contributed by atoms with Crippen LogP contribution in [0, 0.1) is 0 Å². The Morgan fingerprint density at radius 3 is 2.91 bits per heavy atom. The second-order valence-corrected chi connectivity index (χ2v) is 5.70. The van der Waals surface area contributed by atoms with Gasteiger partial charge in [0.05, 0.1) is 6.26 Å². The Labute approximate surface area is 132 Å². The third kappa shape index (κ3) is 2.97. The van der Waals surface area contributed by atoms with Gasteiger partial charge in [0.1, 0.15) is 11.3 Å². The maximum atomic E-state index is 12.4. The SMILES string of the molecule is CCCNC(=O)c1cc2c([nH]c1=O)C[C@@H](c1ccco1)CC2=O. The van der Waals surface area contributed by atoms with Gasteiger partial charge in [0, 0.05) is 30.1 Å². The molecule has 1 atom stereocenters. The summed E-state index contributed by atoms with van der Waals surface area (Å²) in [7, 11) is 0. The maximum absolute atomic E-state index is 12.4. The first-order chi connectivity index (χ1) is 11.1. The number of hydrogen-bond donors (Lipinski definition) is 2. The fraction of sp³-hybridized carbons (Fsp3) is 0.353. The smallest absolute Gasteiger partial charge is 0.261 e. The van der Waals surface area contributed by atoms with Gasteiger partial charge in [0.15, 0.2) is 5.78 Å². The van der Waals surface area contributed by atoms with E-state index >= 15 is 0 Å². The van der Waals surface area contributed by atoms with E-state index in [1.54, 1.807) is 12.3 Å². The quantitative estimate of drug-likeness (QED) is 0.903. The van der Waals surface area contributed by atoms with Gasteiger partial charge in [-0.2, -0.15) is 0 Å². The van der Waals surface area contributed by atoms with Crippen molar-refractivity contribution < 1.29 is 14.0 Å². The lowest BCUT2D eigenvalue weighted by atomic mass is 9.84. The van der Waals surface area contributed by atoms with Crippen LogP contribution in [-0.4, -0.2) is 23.2 Å². The normalized spacial score (nSPS) is 16.9. The molecule has 0 spiro atoms. The van der Waals surface area contributed by atoms with Crippen molar-refractivity contribution in [3.63, 3.8) is 0 Å². The highest BCUT2D eigenvalue weighted by Crippen LogP contribution is 2.31. The highest BCUT2D eigenvalue weighted by atomic mass is 16.3. The first kappa shape index (κ1) is 15.3. The topological polar surface area (TPSA) is 92.2 Å². The minimum Gasteiger partial charge on any atom is -0.469 e. The zero-order valence-corrected chi connectivity index (χ0v) is 12.8. The van der Waals surface area contributed by atoms with Gasteiger partial charge in [-0.05, 0) is 31.0 Å². The molecule has 2 aromatic heterocycles. The third-order valence-corrected chi connectivity index (χ3v) is 4.03. The van der Waals surface area contributed by atoms with Crippen molar-refractivity contribution in [3.05, 3.63) is 57.4 Å². The molecule has 0 saturated heterocycles. The molecule has 0 fully saturated rings. The summed E-state index contributed by atoms with van der Waals surface area (Å²) >= 11 is 0. The van der Waals surface area contributed by atoms with Crippen molar-refractivity contribution in [2.75, 3.05) is 6.54 Å². The number of ketones is 1. The molecule has 0 radical (unpaired) electrons. The predicted octanol–water partition coefficient (Wildman–Crippen LogP) is 2.02. The number of hydrogen-bond acceptors (Lipinski definition) is 4. The van der Waals surface area contributed by atoms with E-state index in [9.17, 15) is 14.4 Å². The Bertz CT molecular complexity index is 789. The van der Waals surface area contributed by atoms with E-state index in [0.717, 1.165) is 12.2 Å². The molecule has 3 rings (SSSR count). The highest BCUT2D eigenvalue weighted by Gasteiger charge is 2.30. The van der Waals surface area contributed by atoms with Crippen LogP contribution >= 0.6 is 0 Å². The molecule has 1 aliphatic rings. The summed E-state index contributed by atoms with van der Waals surface area (Å²) in [5, 5.41) is 2.66. The number of rotatable bonds is 4. The maximum Gasteiger partial charge on any atom is 0.261 e. The zero-order chi connectivity index (χ0) is 16.4. The number of amides is 1. The average Bonchev–Trinajstić information content (AvgIpc) is 3.06. The van der Waals surface area contributed by atoms with E-state index in [1.165, 1.54) is 6.07 Å². The molecule has 0 saturated carbocycles. The van der Waals surface area contributed by atoms with Crippen LogP contribution in [0.1, 0.15) is 57.9 Å². The van der Waals surface area contributed by atoms with Gasteiger partial charge < -0.3 is 14.7 Å². The summed E-state index contributed by atoms with van der Waals surface area (Å²) < 4.78 is 5.36. The van der Waals surface area contributed by atoms with E-state index in [1.807, 2.05) is 13.0 Å². The van der Waals surface area contributed by atoms with Crippen LogP contribution in [0.15, 0.2) is 33.7 Å². The molecular formula is C17H18N2O4. The van der Waals surface area contributed by atoms with Crippen molar-refractivity contribution in [1.82, 2.24) is 10.3 Å². The van der Waals surface area contributed by atoms with Gasteiger partial charge in [0.25, 0.3) is 11.5 Å². The second kappa shape index (κ2) is 6.24. The number of H-pyrrole nitrogens is 1. The van der Waals surface area contributed by atoms with E-state index in [2.05, 4.69) is 10.3 Å². The summed E-state index contributed by atoms with van der Waals surface area (Å²) in [6.07, 6.45) is 3.17. The number of aromatic amines is 1. The van der Waals surface area contributed by atoms with Gasteiger partial charge in [0.2, 0.25) is 0 Å². The van der Waals surface area contributed by atoms with Crippen LogP contribution in [0.2, 0.25) is 0 Å². The van der Waals surface area contributed by atoms with Crippen LogP contribution in [0.3, 0.4) is 0 Å². The van der Waals surface area contributed by atoms with Crippen molar-refractivity contribution in [2.24, 2.45) is 0 Å². The molecule has 2 heterocycles. The Morgan fingerprint density at radius 2 is 2.22 bits per heavy atom. The van der Waals surface area contributed by atoms with Gasteiger partial charge in [-0.15, -0.1) is 0 Å². The number of nitrogens with one attached hydrogen (secondary N) is 2. The molecule has 2 N–H and O–H groups in total. The number of furan rings is 1. The van der Waals surface area contributed by atoms with Crippen LogP contribution in [0.4, 0.5) is 0 Å². The average molecular weight is 314 g/mol. The largest absolute Gasteiger partial charge is 0.469 e. The Balaban J connectivity index is 1.92. The van der Waals surface area contributed by atoms with E-state index in [0.29, 0.717) is 30.6 Å². The first-order valence-corrected chi connectivity index (χ1v) is 7.71. The van der Waals surface area contributed by atoms with Crippen molar-refractivity contribution in [3.8, 4) is 0 Å². The molecule has 6 heteroatoms. The summed E-state index contributed by atoms with van der Waals surface area (Å²) in [5.41, 5.74) is 0.515. The summed E-state index contributed by atoms with van der Waals surface area (Å²) in [4.78, 5) is 39.2. The Hall–Kier alpha value is -2.63. The molecule has 0 aliphatic heterocycles. The molecule has 0 unspecified atom stereocenters. The van der Waals surface area contributed by atoms with E-state index in [-0.39, 0.29) is 17.3 Å². The highest BCUT2D eigenvalue weighted by molar-refractivity contribution is 6.02. The predicted molar refractivity (Wildman–Crippen MR) is 83.8 cm³/mol. The Kier molecular flexibility index (Phi) is 4.14. The van der Waals surface area contributed by atoms with Crippen molar-refractivity contribution in [2.45, 2.75) is 32.1 Å². The van der Waals surface area contributed by atoms with Crippen LogP contribution in [-0.2, 0) is 6.42 Å². The molecule has 2 aromatic rings. The number of carbonyl (C=O) groups excluding carboxylic acids is 2. The molecule has 1 aliphatic carbocycles. The number of carbonyl (C=O) groups is 2. The van der Waals surface area contributed by atoms with E-state index in [4.69, 9.17) is 4.42 Å². The molecule has 6 nitrogen and oxygen atoms in total. The number of aromatic nitrogens is 1. The lowest BCUT2D eigenvalue weighted by Crippen LogP contribution is -2.33.